The minimum atomic E-state index is 1.17. The Labute approximate surface area is 102 Å². The van der Waals surface area contributed by atoms with Crippen molar-refractivity contribution in [3.8, 4) is 0 Å². The van der Waals surface area contributed by atoms with Crippen LogP contribution in [0.25, 0.3) is 6.08 Å². The van der Waals surface area contributed by atoms with Crippen molar-refractivity contribution >= 4 is 23.8 Å². The van der Waals surface area contributed by atoms with Crippen LogP contribution < -0.4 is 0 Å². The van der Waals surface area contributed by atoms with Crippen LogP contribution in [0, 0.1) is 0 Å². The van der Waals surface area contributed by atoms with Gasteiger partial charge in [-0.05, 0) is 5.56 Å². The monoisotopic (exact) mass is 190 g/mol. The van der Waals surface area contributed by atoms with E-state index >= 15 is 0 Å². The van der Waals surface area contributed by atoms with Gasteiger partial charge in [-0.3, -0.25) is 0 Å². The molecule has 1 aliphatic carbocycles. The van der Waals surface area contributed by atoms with Gasteiger partial charge in [0.25, 0.3) is 0 Å². The van der Waals surface area contributed by atoms with Crippen LogP contribution in [0.15, 0.2) is 59.4 Å². The van der Waals surface area contributed by atoms with Crippen LogP contribution in [-0.4, -0.2) is 17.7 Å². The average molecular weight is 190 g/mol. The van der Waals surface area contributed by atoms with Crippen molar-refractivity contribution in [2.45, 2.75) is 12.8 Å². The van der Waals surface area contributed by atoms with Crippen LogP contribution >= 0.6 is 0 Å². The number of hydrogen-bond acceptors (Lipinski definition) is 0. The molecule has 1 aromatic carbocycles. The Morgan fingerprint density at radius 3 is 2.27 bits per heavy atom. The van der Waals surface area contributed by atoms with Crippen LogP contribution in [0.4, 0.5) is 0 Å². The molecule has 1 heteroatoms. The fourth-order valence-corrected chi connectivity index (χ4v) is 1.31. The van der Waals surface area contributed by atoms with Crippen molar-refractivity contribution in [2.75, 3.05) is 0 Å². The fraction of sp³-hybridized carbons (Fsp3) is 0.143. The van der Waals surface area contributed by atoms with Crippen LogP contribution in [0.3, 0.4) is 0 Å². The average Bonchev–Trinajstić information content (AvgIpc) is 2.32. The van der Waals surface area contributed by atoms with E-state index in [0.717, 1.165) is 0 Å². The van der Waals surface area contributed by atoms with Crippen molar-refractivity contribution in [3.63, 3.8) is 0 Å². The molecule has 2 rings (SSSR count). The van der Waals surface area contributed by atoms with E-state index in [0.29, 0.717) is 0 Å². The van der Waals surface area contributed by atoms with Crippen LogP contribution in [0.5, 0.6) is 0 Å². The van der Waals surface area contributed by atoms with Gasteiger partial charge in [-0.25, -0.2) is 0 Å². The van der Waals surface area contributed by atoms with Gasteiger partial charge in [-0.15, -0.1) is 0 Å². The molecule has 0 aliphatic heterocycles. The van der Waals surface area contributed by atoms with Crippen molar-refractivity contribution in [2.24, 2.45) is 0 Å². The summed E-state index contributed by atoms with van der Waals surface area (Å²) in [5, 5.41) is 0. The van der Waals surface area contributed by atoms with E-state index in [9.17, 15) is 0 Å². The molecule has 0 N–H and O–H groups in total. The van der Waals surface area contributed by atoms with E-state index in [1.54, 1.807) is 0 Å². The molecule has 0 saturated carbocycles. The third kappa shape index (κ3) is 5.47. The molecule has 0 fully saturated rings. The second-order valence-electron chi connectivity index (χ2n) is 3.59. The minimum absolute atomic E-state index is 1.17. The maximum absolute atomic E-state index is 3.63. The van der Waals surface area contributed by atoms with Gasteiger partial charge in [0.05, 0.1) is 0 Å². The summed E-state index contributed by atoms with van der Waals surface area (Å²) in [6.07, 6.45) is 10.8. The summed E-state index contributed by atoms with van der Waals surface area (Å²) in [5.41, 5.74) is 1.17. The molecule has 0 atom stereocenters. The van der Waals surface area contributed by atoms with E-state index in [4.69, 9.17) is 0 Å². The van der Waals surface area contributed by atoms with Crippen molar-refractivity contribution in [1.82, 2.24) is 0 Å². The molecule has 0 spiro atoms. The summed E-state index contributed by atoms with van der Waals surface area (Å²) in [4.78, 5) is 0. The van der Waals surface area contributed by atoms with Crippen molar-refractivity contribution in [1.29, 1.82) is 0 Å². The van der Waals surface area contributed by atoms with Crippen molar-refractivity contribution < 1.29 is 0 Å². The first-order valence-corrected chi connectivity index (χ1v) is 5.32. The van der Waals surface area contributed by atoms with E-state index in [1.165, 1.54) is 22.7 Å². The summed E-state index contributed by atoms with van der Waals surface area (Å²) >= 11 is 2.17. The zero-order valence-electron chi connectivity index (χ0n) is 9.32. The van der Waals surface area contributed by atoms with Crippen LogP contribution in [-0.2, 0) is 0 Å². The predicted octanol–water partition coefficient (Wildman–Crippen LogP) is 3.72. The Kier molecular flexibility index (Phi) is 5.93. The van der Waals surface area contributed by atoms with Gasteiger partial charge >= 0.3 is 53.0 Å². The molecular formula is C14H15Li. The molecule has 0 radical (unpaired) electrons. The Morgan fingerprint density at radius 1 is 1.20 bits per heavy atom. The third-order valence-electron chi connectivity index (χ3n) is 2.26. The van der Waals surface area contributed by atoms with E-state index in [1.807, 2.05) is 36.4 Å². The molecule has 72 valence electrons. The number of allylic oxidation sites excluding steroid dienone is 4. The maximum atomic E-state index is 3.63. The summed E-state index contributed by atoms with van der Waals surface area (Å²) in [7, 11) is 0. The molecule has 0 heterocycles. The number of rotatable bonds is 1. The van der Waals surface area contributed by atoms with Crippen LogP contribution in [0.2, 0.25) is 0 Å². The van der Waals surface area contributed by atoms with Crippen molar-refractivity contribution in [3.05, 3.63) is 64.9 Å². The molecular weight excluding hydrogens is 175 g/mol. The third-order valence-corrected chi connectivity index (χ3v) is 2.26. The van der Waals surface area contributed by atoms with E-state index in [-0.39, 0.29) is 0 Å². The molecule has 0 aromatic heterocycles. The second-order valence-corrected chi connectivity index (χ2v) is 3.59. The predicted molar refractivity (Wildman–Crippen MR) is 68.7 cm³/mol. The Morgan fingerprint density at radius 2 is 1.93 bits per heavy atom. The van der Waals surface area contributed by atoms with Gasteiger partial charge in [0.1, 0.15) is 0 Å². The molecule has 1 aliphatic rings. The fourth-order valence-electron chi connectivity index (χ4n) is 1.31. The Bertz CT molecular complexity index is 347. The molecule has 0 amide bonds. The van der Waals surface area contributed by atoms with Gasteiger partial charge in [0, 0.05) is 0 Å². The van der Waals surface area contributed by atoms with Gasteiger partial charge in [-0.1, -0.05) is 43.0 Å². The zero-order valence-corrected chi connectivity index (χ0v) is 9.32. The topological polar surface area (TPSA) is 0 Å². The van der Waals surface area contributed by atoms with E-state index in [2.05, 4.69) is 42.5 Å². The first-order chi connectivity index (χ1) is 7.33. The summed E-state index contributed by atoms with van der Waals surface area (Å²) in [5.74, 6) is 0. The van der Waals surface area contributed by atoms with E-state index < -0.39 is 0 Å². The molecule has 0 unspecified atom stereocenters. The van der Waals surface area contributed by atoms with Gasteiger partial charge in [0.15, 0.2) is 0 Å². The SMILES string of the molecule is C=Cc1ccccc1.[Li][C]1=CC=CCC1. The first-order valence-electron chi connectivity index (χ1n) is 5.32. The van der Waals surface area contributed by atoms with Gasteiger partial charge < -0.3 is 0 Å². The normalized spacial score (nSPS) is 13.6. The molecule has 1 aromatic rings. The molecule has 15 heavy (non-hydrogen) atoms. The van der Waals surface area contributed by atoms with Crippen LogP contribution in [0.1, 0.15) is 18.4 Å². The molecule has 0 bridgehead atoms. The second kappa shape index (κ2) is 7.34. The zero-order chi connectivity index (χ0) is 10.9. The van der Waals surface area contributed by atoms with Gasteiger partial charge in [0.2, 0.25) is 0 Å². The van der Waals surface area contributed by atoms with Gasteiger partial charge in [-0.2, -0.15) is 0 Å². The summed E-state index contributed by atoms with van der Waals surface area (Å²) < 4.78 is 1.50. The Hall–Kier alpha value is -0.963. The first kappa shape index (κ1) is 12.1. The summed E-state index contributed by atoms with van der Waals surface area (Å²) in [6, 6.07) is 10.0. The molecule has 0 saturated heterocycles. The number of hydrogen-bond donors (Lipinski definition) is 0. The molecule has 0 nitrogen and oxygen atoms in total. The Balaban J connectivity index is 0.000000151. The quantitative estimate of drug-likeness (QED) is 0.592. The number of benzene rings is 1. The summed E-state index contributed by atoms with van der Waals surface area (Å²) in [6.45, 7) is 3.63. The standard InChI is InChI=1S/C8H8.C6H7.Li/c1-2-8-6-4-3-5-7-8;1-2-4-6-5-3-1;/h2-7H,1H2;1-3H,4,6H2;.